The van der Waals surface area contributed by atoms with Crippen LogP contribution in [0.5, 0.6) is 0 Å². The highest BCUT2D eigenvalue weighted by molar-refractivity contribution is 7.99. The Labute approximate surface area is 187 Å². The Hall–Kier alpha value is -4.05. The number of aryl methyl sites for hydroxylation is 1. The molecule has 32 heavy (non-hydrogen) atoms. The van der Waals surface area contributed by atoms with Crippen molar-refractivity contribution in [3.63, 3.8) is 0 Å². The van der Waals surface area contributed by atoms with Crippen molar-refractivity contribution in [2.24, 2.45) is 0 Å². The topological polar surface area (TPSA) is 114 Å². The second-order valence-corrected chi connectivity index (χ2v) is 8.02. The lowest BCUT2D eigenvalue weighted by atomic mass is 10.2. The Morgan fingerprint density at radius 3 is 2.78 bits per heavy atom. The molecule has 5 rings (SSSR count). The summed E-state index contributed by atoms with van der Waals surface area (Å²) in [6, 6.07) is 13.6. The Morgan fingerprint density at radius 2 is 1.97 bits per heavy atom. The number of carbonyl (C=O) groups is 1. The molecule has 0 aliphatic heterocycles. The predicted octanol–water partition coefficient (Wildman–Crippen LogP) is 3.64. The zero-order valence-corrected chi connectivity index (χ0v) is 17.9. The molecule has 0 saturated carbocycles. The van der Waals surface area contributed by atoms with Gasteiger partial charge in [0.2, 0.25) is 5.91 Å². The average molecular weight is 443 g/mol. The monoisotopic (exact) mass is 442 g/mol. The van der Waals surface area contributed by atoms with Crippen molar-refractivity contribution in [3.8, 4) is 17.2 Å². The molecule has 158 valence electrons. The van der Waals surface area contributed by atoms with Crippen molar-refractivity contribution in [3.05, 3.63) is 72.8 Å². The van der Waals surface area contributed by atoms with E-state index in [1.807, 2.05) is 54.0 Å². The maximum Gasteiger partial charge on any atom is 0.234 e. The van der Waals surface area contributed by atoms with Crippen LogP contribution in [0.3, 0.4) is 0 Å². The lowest BCUT2D eigenvalue weighted by Gasteiger charge is -2.10. The fraction of sp³-hybridized carbons (Fsp3) is 0.0909. The first-order valence-corrected chi connectivity index (χ1v) is 10.8. The molecule has 3 heterocycles. The number of nitrogens with zero attached hydrogens (tertiary/aromatic N) is 6. The lowest BCUT2D eigenvalue weighted by molar-refractivity contribution is -0.113. The van der Waals surface area contributed by atoms with E-state index < -0.39 is 0 Å². The number of anilines is 1. The minimum atomic E-state index is -0.145. The van der Waals surface area contributed by atoms with Crippen LogP contribution >= 0.6 is 11.8 Å². The van der Waals surface area contributed by atoms with Gasteiger partial charge in [0.25, 0.3) is 0 Å². The molecule has 0 radical (unpaired) electrons. The van der Waals surface area contributed by atoms with Gasteiger partial charge >= 0.3 is 0 Å². The van der Waals surface area contributed by atoms with Crippen LogP contribution in [-0.2, 0) is 4.79 Å². The molecule has 3 aromatic heterocycles. The SMILES string of the molecule is Cc1ccc(-n2c(SCC(=O)Nc3ccc4cn[nH]c4c3)nnc2-c2cnccn2)cc1. The third-order valence-electron chi connectivity index (χ3n) is 4.78. The fourth-order valence-corrected chi connectivity index (χ4v) is 3.96. The van der Waals surface area contributed by atoms with E-state index in [0.717, 1.165) is 22.2 Å². The number of aromatic nitrogens is 7. The van der Waals surface area contributed by atoms with Gasteiger partial charge in [0.1, 0.15) is 5.69 Å². The molecule has 0 atom stereocenters. The lowest BCUT2D eigenvalue weighted by Crippen LogP contribution is -2.14. The van der Waals surface area contributed by atoms with Gasteiger partial charge in [-0.15, -0.1) is 10.2 Å². The Morgan fingerprint density at radius 1 is 1.09 bits per heavy atom. The Bertz CT molecular complexity index is 1380. The van der Waals surface area contributed by atoms with Crippen molar-refractivity contribution in [2.75, 3.05) is 11.1 Å². The van der Waals surface area contributed by atoms with Gasteiger partial charge in [-0.05, 0) is 37.3 Å². The average Bonchev–Trinajstić information content (AvgIpc) is 3.45. The van der Waals surface area contributed by atoms with Crippen LogP contribution in [0, 0.1) is 6.92 Å². The number of hydrogen-bond donors (Lipinski definition) is 2. The minimum absolute atomic E-state index is 0.145. The minimum Gasteiger partial charge on any atom is -0.325 e. The zero-order chi connectivity index (χ0) is 21.9. The number of fused-ring (bicyclic) bond motifs is 1. The molecule has 0 spiro atoms. The molecule has 9 nitrogen and oxygen atoms in total. The van der Waals surface area contributed by atoms with Crippen molar-refractivity contribution in [2.45, 2.75) is 12.1 Å². The summed E-state index contributed by atoms with van der Waals surface area (Å²) in [5.74, 6) is 0.591. The number of carbonyl (C=O) groups excluding carboxylic acids is 1. The molecule has 0 bridgehead atoms. The summed E-state index contributed by atoms with van der Waals surface area (Å²) < 4.78 is 1.89. The number of nitrogens with one attached hydrogen (secondary N) is 2. The van der Waals surface area contributed by atoms with Crippen LogP contribution in [0.4, 0.5) is 5.69 Å². The summed E-state index contributed by atoms with van der Waals surface area (Å²) in [5.41, 5.74) is 4.19. The first kappa shape index (κ1) is 19.9. The number of benzene rings is 2. The van der Waals surface area contributed by atoms with Crippen molar-refractivity contribution in [1.29, 1.82) is 0 Å². The number of rotatable bonds is 6. The molecular formula is C22H18N8OS. The van der Waals surface area contributed by atoms with Gasteiger partial charge in [0.05, 0.1) is 23.7 Å². The van der Waals surface area contributed by atoms with Crippen LogP contribution in [0.15, 0.2) is 72.4 Å². The molecule has 10 heteroatoms. The molecule has 1 amide bonds. The van der Waals surface area contributed by atoms with E-state index in [2.05, 4.69) is 35.7 Å². The number of amides is 1. The van der Waals surface area contributed by atoms with E-state index in [0.29, 0.717) is 22.4 Å². The van der Waals surface area contributed by atoms with Crippen LogP contribution in [0.1, 0.15) is 5.56 Å². The van der Waals surface area contributed by atoms with Gasteiger partial charge in [-0.2, -0.15) is 5.10 Å². The molecule has 0 saturated heterocycles. The van der Waals surface area contributed by atoms with Crippen LogP contribution < -0.4 is 5.32 Å². The quantitative estimate of drug-likeness (QED) is 0.386. The fourth-order valence-electron chi connectivity index (χ4n) is 3.21. The molecular weight excluding hydrogens is 424 g/mol. The highest BCUT2D eigenvalue weighted by Gasteiger charge is 2.18. The maximum atomic E-state index is 12.6. The largest absolute Gasteiger partial charge is 0.325 e. The highest BCUT2D eigenvalue weighted by Crippen LogP contribution is 2.27. The van der Waals surface area contributed by atoms with Gasteiger partial charge < -0.3 is 5.32 Å². The number of hydrogen-bond acceptors (Lipinski definition) is 7. The first-order chi connectivity index (χ1) is 15.7. The van der Waals surface area contributed by atoms with Crippen molar-refractivity contribution in [1.82, 2.24) is 34.9 Å². The maximum absolute atomic E-state index is 12.6. The molecule has 0 aliphatic rings. The van der Waals surface area contributed by atoms with Gasteiger partial charge in [-0.25, -0.2) is 4.98 Å². The molecule has 2 N–H and O–H groups in total. The van der Waals surface area contributed by atoms with E-state index >= 15 is 0 Å². The highest BCUT2D eigenvalue weighted by atomic mass is 32.2. The van der Waals surface area contributed by atoms with E-state index in [1.165, 1.54) is 11.8 Å². The molecule has 5 aromatic rings. The third kappa shape index (κ3) is 4.08. The van der Waals surface area contributed by atoms with Gasteiger partial charge in [0.15, 0.2) is 11.0 Å². The summed E-state index contributed by atoms with van der Waals surface area (Å²) in [7, 11) is 0. The number of aromatic amines is 1. The second-order valence-electron chi connectivity index (χ2n) is 7.08. The first-order valence-electron chi connectivity index (χ1n) is 9.82. The smallest absolute Gasteiger partial charge is 0.234 e. The molecule has 2 aromatic carbocycles. The zero-order valence-electron chi connectivity index (χ0n) is 17.1. The standard InChI is InChI=1S/C22H18N8OS/c1-14-2-6-17(7-3-14)30-21(19-12-23-8-9-24-19)28-29-22(30)32-13-20(31)26-16-5-4-15-11-25-27-18(15)10-16/h2-12H,13H2,1H3,(H,25,27)(H,26,31). The number of H-pyrrole nitrogens is 1. The van der Waals surface area contributed by atoms with Crippen molar-refractivity contribution >= 4 is 34.3 Å². The number of thioether (sulfide) groups is 1. The van der Waals surface area contributed by atoms with Gasteiger partial charge in [-0.3, -0.25) is 19.4 Å². The normalized spacial score (nSPS) is 11.0. The molecule has 0 aliphatic carbocycles. The van der Waals surface area contributed by atoms with Crippen LogP contribution in [0.25, 0.3) is 28.1 Å². The molecule has 0 fully saturated rings. The summed E-state index contributed by atoms with van der Waals surface area (Å²) in [6.07, 6.45) is 6.60. The van der Waals surface area contributed by atoms with E-state index in [9.17, 15) is 4.79 Å². The van der Waals surface area contributed by atoms with Crippen LogP contribution in [-0.4, -0.2) is 46.6 Å². The second kappa shape index (κ2) is 8.60. The van der Waals surface area contributed by atoms with E-state index in [-0.39, 0.29) is 11.7 Å². The molecule has 0 unspecified atom stereocenters. The summed E-state index contributed by atoms with van der Waals surface area (Å²) in [4.78, 5) is 21.1. The summed E-state index contributed by atoms with van der Waals surface area (Å²) in [5, 5.41) is 20.0. The van der Waals surface area contributed by atoms with E-state index in [4.69, 9.17) is 0 Å². The summed E-state index contributed by atoms with van der Waals surface area (Å²) >= 11 is 1.30. The van der Waals surface area contributed by atoms with Crippen LogP contribution in [0.2, 0.25) is 0 Å². The van der Waals surface area contributed by atoms with Gasteiger partial charge in [-0.1, -0.05) is 29.5 Å². The van der Waals surface area contributed by atoms with E-state index in [1.54, 1.807) is 24.8 Å². The third-order valence-corrected chi connectivity index (χ3v) is 5.70. The van der Waals surface area contributed by atoms with Crippen molar-refractivity contribution < 1.29 is 4.79 Å². The van der Waals surface area contributed by atoms with Gasteiger partial charge in [0, 0.05) is 29.2 Å². The summed E-state index contributed by atoms with van der Waals surface area (Å²) in [6.45, 7) is 2.03. The predicted molar refractivity (Wildman–Crippen MR) is 123 cm³/mol. The Kier molecular flexibility index (Phi) is 5.34. The Balaban J connectivity index is 1.38.